The van der Waals surface area contributed by atoms with Crippen molar-refractivity contribution in [3.05, 3.63) is 58.3 Å². The minimum Gasteiger partial charge on any atom is -0.617 e. The molecule has 1 aliphatic rings. The Bertz CT molecular complexity index is 1130. The van der Waals surface area contributed by atoms with Crippen LogP contribution in [0.2, 0.25) is 0 Å². The van der Waals surface area contributed by atoms with E-state index in [4.69, 9.17) is 4.74 Å². The van der Waals surface area contributed by atoms with Gasteiger partial charge in [-0.3, -0.25) is 0 Å². The Hall–Kier alpha value is -3.35. The van der Waals surface area contributed by atoms with Crippen molar-refractivity contribution in [3.63, 3.8) is 0 Å². The van der Waals surface area contributed by atoms with E-state index in [0.29, 0.717) is 47.0 Å². The summed E-state index contributed by atoms with van der Waals surface area (Å²) in [5, 5.41) is 38.7. The van der Waals surface area contributed by atoms with Crippen molar-refractivity contribution in [3.8, 4) is 23.1 Å². The molecule has 4 rings (SSSR count). The molecule has 30 heavy (non-hydrogen) atoms. The van der Waals surface area contributed by atoms with Crippen LogP contribution in [0.5, 0.6) is 5.75 Å². The standard InChI is InChI=1S/C20H18FN5O3.ClH/c1-29-14-4-2-13(3-5-14)20-19(12-22)25(27)18-11-16(24-8-6-23-7-9-24)15(21)10-17(18)26(20)28;/h2-5,10-11,23H,6-9H2,1H3;1H. The van der Waals surface area contributed by atoms with Crippen LogP contribution in [-0.2, 0) is 0 Å². The zero-order valence-corrected chi connectivity index (χ0v) is 16.9. The van der Waals surface area contributed by atoms with Gasteiger partial charge in [0.25, 0.3) is 11.0 Å². The van der Waals surface area contributed by atoms with Gasteiger partial charge in [0.2, 0.25) is 0 Å². The molecule has 1 N–H and O–H groups in total. The van der Waals surface area contributed by atoms with E-state index in [-0.39, 0.29) is 40.5 Å². The Labute approximate surface area is 178 Å². The van der Waals surface area contributed by atoms with Gasteiger partial charge in [0, 0.05) is 32.2 Å². The van der Waals surface area contributed by atoms with E-state index >= 15 is 0 Å². The van der Waals surface area contributed by atoms with Crippen LogP contribution in [-0.4, -0.2) is 33.3 Å². The first-order chi connectivity index (χ1) is 14.0. The van der Waals surface area contributed by atoms with Crippen LogP contribution in [0.25, 0.3) is 22.3 Å². The number of nitrogens with one attached hydrogen (secondary N) is 1. The maximum Gasteiger partial charge on any atom is 0.369 e. The highest BCUT2D eigenvalue weighted by atomic mass is 35.5. The monoisotopic (exact) mass is 431 g/mol. The average molecular weight is 432 g/mol. The van der Waals surface area contributed by atoms with Gasteiger partial charge in [-0.15, -0.1) is 17.1 Å². The Morgan fingerprint density at radius 3 is 2.33 bits per heavy atom. The third kappa shape index (κ3) is 3.51. The number of nitrogens with zero attached hydrogens (tertiary/aromatic N) is 4. The van der Waals surface area contributed by atoms with Gasteiger partial charge in [0.05, 0.1) is 24.4 Å². The first kappa shape index (κ1) is 21.4. The third-order valence-corrected chi connectivity index (χ3v) is 5.04. The molecule has 2 heterocycles. The summed E-state index contributed by atoms with van der Waals surface area (Å²) in [7, 11) is 1.50. The highest BCUT2D eigenvalue weighted by Crippen LogP contribution is 2.27. The number of anilines is 1. The normalized spacial score (nSPS) is 13.6. The summed E-state index contributed by atoms with van der Waals surface area (Å²) in [6.07, 6.45) is 0. The number of hydrogen-bond donors (Lipinski definition) is 1. The molecule has 8 nitrogen and oxygen atoms in total. The molecule has 3 aromatic rings. The second-order valence-corrected chi connectivity index (χ2v) is 6.66. The molecule has 1 aromatic heterocycles. The lowest BCUT2D eigenvalue weighted by atomic mass is 10.1. The van der Waals surface area contributed by atoms with Gasteiger partial charge in [-0.25, -0.2) is 4.39 Å². The van der Waals surface area contributed by atoms with Crippen LogP contribution in [0.4, 0.5) is 10.1 Å². The van der Waals surface area contributed by atoms with Gasteiger partial charge in [0.15, 0.2) is 11.9 Å². The summed E-state index contributed by atoms with van der Waals surface area (Å²) >= 11 is 0. The number of piperazine rings is 1. The zero-order chi connectivity index (χ0) is 20.5. The second-order valence-electron chi connectivity index (χ2n) is 6.66. The van der Waals surface area contributed by atoms with Crippen molar-refractivity contribution in [1.82, 2.24) is 5.32 Å². The van der Waals surface area contributed by atoms with Crippen LogP contribution in [0.1, 0.15) is 5.69 Å². The average Bonchev–Trinajstić information content (AvgIpc) is 2.76. The molecule has 0 spiro atoms. The van der Waals surface area contributed by atoms with Crippen LogP contribution >= 0.6 is 12.4 Å². The molecule has 156 valence electrons. The lowest BCUT2D eigenvalue weighted by Crippen LogP contribution is -2.45. The van der Waals surface area contributed by atoms with E-state index < -0.39 is 5.82 Å². The van der Waals surface area contributed by atoms with Crippen molar-refractivity contribution in [2.45, 2.75) is 0 Å². The van der Waals surface area contributed by atoms with E-state index in [2.05, 4.69) is 5.32 Å². The largest absolute Gasteiger partial charge is 0.617 e. The van der Waals surface area contributed by atoms with E-state index in [9.17, 15) is 20.1 Å². The molecule has 0 aliphatic carbocycles. The van der Waals surface area contributed by atoms with Gasteiger partial charge in [-0.2, -0.15) is 9.99 Å². The molecule has 0 saturated carbocycles. The summed E-state index contributed by atoms with van der Waals surface area (Å²) in [6, 6.07) is 10.6. The number of ether oxygens (including phenoxy) is 1. The van der Waals surface area contributed by atoms with Crippen molar-refractivity contribution >= 4 is 29.1 Å². The van der Waals surface area contributed by atoms with E-state index in [0.717, 1.165) is 6.07 Å². The van der Waals surface area contributed by atoms with Crippen LogP contribution in [0.15, 0.2) is 36.4 Å². The maximum absolute atomic E-state index is 14.8. The smallest absolute Gasteiger partial charge is 0.369 e. The number of fused-ring (bicyclic) bond motifs is 1. The Balaban J connectivity index is 0.00000256. The predicted molar refractivity (Wildman–Crippen MR) is 111 cm³/mol. The summed E-state index contributed by atoms with van der Waals surface area (Å²) in [6.45, 7) is 2.54. The molecule has 0 unspecified atom stereocenters. The Kier molecular flexibility index (Phi) is 6.10. The third-order valence-electron chi connectivity index (χ3n) is 5.04. The number of rotatable bonds is 3. The number of aromatic nitrogens is 2. The molecular formula is C20H19ClFN5O3. The fourth-order valence-corrected chi connectivity index (χ4v) is 3.55. The predicted octanol–water partition coefficient (Wildman–Crippen LogP) is 1.62. The Morgan fingerprint density at radius 1 is 1.10 bits per heavy atom. The first-order valence-corrected chi connectivity index (χ1v) is 9.07. The quantitative estimate of drug-likeness (QED) is 0.499. The fourth-order valence-electron chi connectivity index (χ4n) is 3.55. The molecule has 2 aromatic carbocycles. The lowest BCUT2D eigenvalue weighted by Gasteiger charge is -2.29. The molecule has 1 fully saturated rings. The van der Waals surface area contributed by atoms with Crippen LogP contribution in [0, 0.1) is 27.6 Å². The second kappa shape index (κ2) is 8.57. The molecule has 0 bridgehead atoms. The van der Waals surface area contributed by atoms with Crippen LogP contribution < -0.4 is 24.4 Å². The molecule has 1 aliphatic heterocycles. The SMILES string of the molecule is COc1ccc(-c2c(C#N)[n+]([O-])c3cc(N4CCNCC4)c(F)cc3[n+]2[O-])cc1.Cl. The van der Waals surface area contributed by atoms with E-state index in [1.54, 1.807) is 24.3 Å². The highest BCUT2D eigenvalue weighted by molar-refractivity contribution is 5.85. The van der Waals surface area contributed by atoms with Gasteiger partial charge >= 0.3 is 11.4 Å². The summed E-state index contributed by atoms with van der Waals surface area (Å²) in [5.41, 5.74) is -0.0763. The number of methoxy groups -OCH3 is 1. The fraction of sp³-hybridized carbons (Fsp3) is 0.250. The van der Waals surface area contributed by atoms with Gasteiger partial charge < -0.3 is 25.4 Å². The topological polar surface area (TPSA) is 102 Å². The van der Waals surface area contributed by atoms with Gasteiger partial charge in [0.1, 0.15) is 5.75 Å². The lowest BCUT2D eigenvalue weighted by molar-refractivity contribution is -0.622. The van der Waals surface area contributed by atoms with E-state index in [1.807, 2.05) is 11.0 Å². The Morgan fingerprint density at radius 2 is 1.73 bits per heavy atom. The first-order valence-electron chi connectivity index (χ1n) is 9.07. The number of hydrogen-bond acceptors (Lipinski definition) is 6. The van der Waals surface area contributed by atoms with Crippen molar-refractivity contribution in [2.24, 2.45) is 0 Å². The number of nitriles is 1. The molecule has 0 radical (unpaired) electrons. The van der Waals surface area contributed by atoms with E-state index in [1.165, 1.54) is 13.2 Å². The molecule has 0 atom stereocenters. The van der Waals surface area contributed by atoms with Crippen molar-refractivity contribution < 1.29 is 18.6 Å². The maximum atomic E-state index is 14.8. The number of benzene rings is 2. The van der Waals surface area contributed by atoms with Gasteiger partial charge in [-0.05, 0) is 24.3 Å². The molecule has 0 amide bonds. The van der Waals surface area contributed by atoms with Crippen molar-refractivity contribution in [1.29, 1.82) is 5.26 Å². The van der Waals surface area contributed by atoms with Crippen LogP contribution in [0.3, 0.4) is 0 Å². The highest BCUT2D eigenvalue weighted by Gasteiger charge is 2.31. The molecule has 10 heteroatoms. The zero-order valence-electron chi connectivity index (χ0n) is 16.1. The minimum absolute atomic E-state index is 0. The van der Waals surface area contributed by atoms with Crippen molar-refractivity contribution in [2.75, 3.05) is 38.2 Å². The summed E-state index contributed by atoms with van der Waals surface area (Å²) < 4.78 is 20.8. The number of halogens is 2. The summed E-state index contributed by atoms with van der Waals surface area (Å²) in [5.74, 6) is -0.0263. The molecular weight excluding hydrogens is 413 g/mol. The minimum atomic E-state index is -0.589. The van der Waals surface area contributed by atoms with Gasteiger partial charge in [-0.1, -0.05) is 0 Å². The molecule has 1 saturated heterocycles. The summed E-state index contributed by atoms with van der Waals surface area (Å²) in [4.78, 5) is 1.81.